The molecule has 114 valence electrons. The number of carbonyl (C=O) groups is 2. The highest BCUT2D eigenvalue weighted by molar-refractivity contribution is 8.00. The van der Waals surface area contributed by atoms with Gasteiger partial charge >= 0.3 is 5.97 Å². The Bertz CT molecular complexity index is 484. The molecule has 1 aliphatic heterocycles. The number of anilines is 1. The number of hydrogen-bond donors (Lipinski definition) is 2. The molecule has 21 heavy (non-hydrogen) atoms. The van der Waals surface area contributed by atoms with Crippen molar-refractivity contribution in [3.63, 3.8) is 0 Å². The highest BCUT2D eigenvalue weighted by atomic mass is 32.2. The Labute approximate surface area is 128 Å². The maximum atomic E-state index is 11.6. The number of thioether (sulfide) groups is 1. The summed E-state index contributed by atoms with van der Waals surface area (Å²) >= 11 is 1.09. The topological polar surface area (TPSA) is 69.6 Å². The molecule has 1 aromatic rings. The average Bonchev–Trinajstić information content (AvgIpc) is 2.93. The number of rotatable bonds is 7. The maximum absolute atomic E-state index is 11.6. The molecule has 1 fully saturated rings. The van der Waals surface area contributed by atoms with E-state index in [9.17, 15) is 9.59 Å². The monoisotopic (exact) mass is 308 g/mol. The number of carboxylic acids is 1. The number of benzene rings is 1. The number of carboxylic acid groups (broad SMARTS) is 1. The summed E-state index contributed by atoms with van der Waals surface area (Å²) in [4.78, 5) is 24.4. The molecule has 0 spiro atoms. The van der Waals surface area contributed by atoms with Crippen LogP contribution in [0, 0.1) is 0 Å². The quantitative estimate of drug-likeness (QED) is 0.806. The van der Waals surface area contributed by atoms with Crippen LogP contribution in [0.25, 0.3) is 0 Å². The van der Waals surface area contributed by atoms with Crippen LogP contribution in [0.3, 0.4) is 0 Å². The minimum absolute atomic E-state index is 0.0534. The zero-order valence-corrected chi connectivity index (χ0v) is 12.7. The Morgan fingerprint density at radius 3 is 2.43 bits per heavy atom. The number of nitrogens with zero attached hydrogens (tertiary/aromatic N) is 1. The van der Waals surface area contributed by atoms with Crippen molar-refractivity contribution in [2.24, 2.45) is 0 Å². The van der Waals surface area contributed by atoms with E-state index in [1.54, 1.807) is 0 Å². The first-order valence-corrected chi connectivity index (χ1v) is 8.19. The summed E-state index contributed by atoms with van der Waals surface area (Å²) in [6.45, 7) is 3.29. The van der Waals surface area contributed by atoms with Gasteiger partial charge in [-0.1, -0.05) is 12.1 Å². The second-order valence-corrected chi connectivity index (χ2v) is 6.10. The number of hydrogen-bond acceptors (Lipinski definition) is 4. The molecule has 0 aliphatic carbocycles. The van der Waals surface area contributed by atoms with Gasteiger partial charge < -0.3 is 10.4 Å². The van der Waals surface area contributed by atoms with Gasteiger partial charge in [0.05, 0.1) is 11.5 Å². The summed E-state index contributed by atoms with van der Waals surface area (Å²) in [7, 11) is 0. The summed E-state index contributed by atoms with van der Waals surface area (Å²) in [5.41, 5.74) is 2.00. The van der Waals surface area contributed by atoms with Crippen LogP contribution >= 0.6 is 11.8 Å². The molecule has 2 rings (SSSR count). The lowest BCUT2D eigenvalue weighted by Crippen LogP contribution is -2.18. The maximum Gasteiger partial charge on any atom is 0.313 e. The summed E-state index contributed by atoms with van der Waals surface area (Å²) in [5, 5.41) is 11.3. The van der Waals surface area contributed by atoms with E-state index in [0.29, 0.717) is 0 Å². The van der Waals surface area contributed by atoms with Crippen LogP contribution < -0.4 is 5.32 Å². The van der Waals surface area contributed by atoms with E-state index in [1.165, 1.54) is 31.5 Å². The molecule has 1 heterocycles. The normalized spacial score (nSPS) is 15.0. The van der Waals surface area contributed by atoms with E-state index in [1.807, 2.05) is 24.3 Å². The molecule has 0 saturated carbocycles. The Balaban J connectivity index is 1.76. The van der Waals surface area contributed by atoms with Crippen LogP contribution in [0.15, 0.2) is 24.3 Å². The van der Waals surface area contributed by atoms with Gasteiger partial charge in [0.25, 0.3) is 0 Å². The van der Waals surface area contributed by atoms with Gasteiger partial charge in [-0.2, -0.15) is 0 Å². The molecule has 5 nitrogen and oxygen atoms in total. The number of carbonyl (C=O) groups excluding carboxylic acids is 1. The SMILES string of the molecule is O=C(O)CSCC(=O)Nc1ccc(CN2CCCC2)cc1. The standard InChI is InChI=1S/C15H20N2O3S/c18-14(10-21-11-15(19)20)16-13-5-3-12(4-6-13)9-17-7-1-2-8-17/h3-6H,1-2,7-11H2,(H,16,18)(H,19,20). The molecule has 0 unspecified atom stereocenters. The van der Waals surface area contributed by atoms with Gasteiger partial charge in [-0.25, -0.2) is 0 Å². The van der Waals surface area contributed by atoms with E-state index in [0.717, 1.165) is 24.0 Å². The Hall–Kier alpha value is -1.53. The van der Waals surface area contributed by atoms with Gasteiger partial charge in [-0.3, -0.25) is 14.5 Å². The lowest BCUT2D eigenvalue weighted by molar-refractivity contribution is -0.133. The highest BCUT2D eigenvalue weighted by Crippen LogP contribution is 2.15. The lowest BCUT2D eigenvalue weighted by atomic mass is 10.2. The number of amides is 1. The number of aliphatic carboxylic acids is 1. The van der Waals surface area contributed by atoms with Crippen LogP contribution in [0.4, 0.5) is 5.69 Å². The van der Waals surface area contributed by atoms with Crippen molar-refractivity contribution in [1.82, 2.24) is 4.90 Å². The third-order valence-electron chi connectivity index (χ3n) is 3.30. The molecule has 0 bridgehead atoms. The predicted octanol–water partition coefficient (Wildman–Crippen LogP) is 2.04. The second-order valence-electron chi connectivity index (χ2n) is 5.11. The minimum atomic E-state index is -0.904. The molecular weight excluding hydrogens is 288 g/mol. The van der Waals surface area contributed by atoms with Crippen molar-refractivity contribution in [3.8, 4) is 0 Å². The second kappa shape index (κ2) is 8.05. The van der Waals surface area contributed by atoms with Crippen LogP contribution in [-0.4, -0.2) is 46.5 Å². The molecule has 1 aromatic carbocycles. The fraction of sp³-hybridized carbons (Fsp3) is 0.467. The number of likely N-dealkylation sites (tertiary alicyclic amines) is 1. The zero-order chi connectivity index (χ0) is 15.1. The zero-order valence-electron chi connectivity index (χ0n) is 11.9. The van der Waals surface area contributed by atoms with Crippen molar-refractivity contribution < 1.29 is 14.7 Å². The van der Waals surface area contributed by atoms with Crippen molar-refractivity contribution in [1.29, 1.82) is 0 Å². The van der Waals surface area contributed by atoms with Crippen LogP contribution in [0.2, 0.25) is 0 Å². The van der Waals surface area contributed by atoms with Gasteiger partial charge in [0.15, 0.2) is 0 Å². The van der Waals surface area contributed by atoms with Crippen molar-refractivity contribution >= 4 is 29.3 Å². The summed E-state index contributed by atoms with van der Waals surface area (Å²) in [6.07, 6.45) is 2.56. The third kappa shape index (κ3) is 5.77. The predicted molar refractivity (Wildman–Crippen MR) is 84.5 cm³/mol. The molecule has 1 aliphatic rings. The van der Waals surface area contributed by atoms with Gasteiger partial charge in [0.1, 0.15) is 0 Å². The molecule has 1 amide bonds. The summed E-state index contributed by atoms with van der Waals surface area (Å²) in [5.74, 6) is -0.975. The van der Waals surface area contributed by atoms with Gasteiger partial charge in [0.2, 0.25) is 5.91 Å². The van der Waals surface area contributed by atoms with Crippen LogP contribution in [-0.2, 0) is 16.1 Å². The fourth-order valence-electron chi connectivity index (χ4n) is 2.32. The minimum Gasteiger partial charge on any atom is -0.481 e. The molecular formula is C15H20N2O3S. The largest absolute Gasteiger partial charge is 0.481 e. The fourth-order valence-corrected chi connectivity index (χ4v) is 2.85. The summed E-state index contributed by atoms with van der Waals surface area (Å²) in [6, 6.07) is 7.84. The first-order chi connectivity index (χ1) is 10.1. The molecule has 0 atom stereocenters. The van der Waals surface area contributed by atoms with E-state index < -0.39 is 5.97 Å². The van der Waals surface area contributed by atoms with Crippen LogP contribution in [0.5, 0.6) is 0 Å². The number of nitrogens with one attached hydrogen (secondary N) is 1. The van der Waals surface area contributed by atoms with Gasteiger partial charge in [0, 0.05) is 12.2 Å². The molecule has 0 radical (unpaired) electrons. The third-order valence-corrected chi connectivity index (χ3v) is 4.22. The first kappa shape index (κ1) is 15.9. The van der Waals surface area contributed by atoms with E-state index in [-0.39, 0.29) is 17.4 Å². The summed E-state index contributed by atoms with van der Waals surface area (Å²) < 4.78 is 0. The Kier molecular flexibility index (Phi) is 6.07. The molecule has 0 aromatic heterocycles. The first-order valence-electron chi connectivity index (χ1n) is 7.04. The average molecular weight is 308 g/mol. The van der Waals surface area contributed by atoms with Crippen molar-refractivity contribution in [2.75, 3.05) is 29.9 Å². The Morgan fingerprint density at radius 2 is 1.81 bits per heavy atom. The lowest BCUT2D eigenvalue weighted by Gasteiger charge is -2.14. The van der Waals surface area contributed by atoms with Gasteiger partial charge in [-0.05, 0) is 43.6 Å². The highest BCUT2D eigenvalue weighted by Gasteiger charge is 2.11. The van der Waals surface area contributed by atoms with Crippen molar-refractivity contribution in [2.45, 2.75) is 19.4 Å². The van der Waals surface area contributed by atoms with Crippen molar-refractivity contribution in [3.05, 3.63) is 29.8 Å². The molecule has 2 N–H and O–H groups in total. The van der Waals surface area contributed by atoms with E-state index in [2.05, 4.69) is 10.2 Å². The van der Waals surface area contributed by atoms with E-state index in [4.69, 9.17) is 5.11 Å². The Morgan fingerprint density at radius 1 is 1.14 bits per heavy atom. The molecule has 1 saturated heterocycles. The van der Waals surface area contributed by atoms with Crippen LogP contribution in [0.1, 0.15) is 18.4 Å². The van der Waals surface area contributed by atoms with E-state index >= 15 is 0 Å². The molecule has 6 heteroatoms. The smallest absolute Gasteiger partial charge is 0.313 e. The van der Waals surface area contributed by atoms with Gasteiger partial charge in [-0.15, -0.1) is 11.8 Å².